The number of alkyl halides is 6. The second kappa shape index (κ2) is 12.3. The number of carboxylic acids is 2. The van der Waals surface area contributed by atoms with Crippen LogP contribution >= 0.6 is 0 Å². The molecular formula is C23H25F6N5O5. The molecule has 10 nitrogen and oxygen atoms in total. The van der Waals surface area contributed by atoms with Crippen LogP contribution in [0.1, 0.15) is 24.6 Å². The maximum atomic E-state index is 13.2. The monoisotopic (exact) mass is 565 g/mol. The Bertz CT molecular complexity index is 1120. The van der Waals surface area contributed by atoms with Gasteiger partial charge in [-0.05, 0) is 43.0 Å². The SMILES string of the molecule is Cc1ccc(N2C[C@H](C)[C@]3(CCN(Cc4cccnc4)C3=O)C2)nn1.O=C(O)C(F)(F)F.O=C(O)C(F)(F)F. The van der Waals surface area contributed by atoms with Crippen molar-refractivity contribution in [1.82, 2.24) is 20.1 Å². The van der Waals surface area contributed by atoms with Gasteiger partial charge in [-0.25, -0.2) is 9.59 Å². The molecule has 0 aromatic carbocycles. The van der Waals surface area contributed by atoms with Crippen LogP contribution in [0.4, 0.5) is 32.2 Å². The summed E-state index contributed by atoms with van der Waals surface area (Å²) in [7, 11) is 0. The fourth-order valence-electron chi connectivity index (χ4n) is 4.13. The Kier molecular flexibility index (Phi) is 9.81. The molecule has 0 bridgehead atoms. The molecule has 4 heterocycles. The molecule has 2 aromatic rings. The molecule has 16 heteroatoms. The first-order valence-electron chi connectivity index (χ1n) is 11.3. The van der Waals surface area contributed by atoms with E-state index in [9.17, 15) is 31.1 Å². The van der Waals surface area contributed by atoms with Crippen molar-refractivity contribution in [2.45, 2.75) is 39.2 Å². The van der Waals surface area contributed by atoms with Crippen molar-refractivity contribution in [3.63, 3.8) is 0 Å². The number of carboxylic acid groups (broad SMARTS) is 2. The predicted molar refractivity (Wildman–Crippen MR) is 122 cm³/mol. The number of hydrogen-bond acceptors (Lipinski definition) is 7. The molecule has 0 unspecified atom stereocenters. The third kappa shape index (κ3) is 8.25. The van der Waals surface area contributed by atoms with E-state index in [1.54, 1.807) is 6.20 Å². The number of hydrogen-bond donors (Lipinski definition) is 2. The second-order valence-corrected chi connectivity index (χ2v) is 8.91. The van der Waals surface area contributed by atoms with Crippen molar-refractivity contribution in [3.8, 4) is 0 Å². The van der Waals surface area contributed by atoms with Gasteiger partial charge in [0.1, 0.15) is 0 Å². The van der Waals surface area contributed by atoms with Gasteiger partial charge in [-0.15, -0.1) is 5.10 Å². The number of likely N-dealkylation sites (tertiary alicyclic amines) is 1. The van der Waals surface area contributed by atoms with Crippen molar-refractivity contribution in [1.29, 1.82) is 0 Å². The lowest BCUT2D eigenvalue weighted by molar-refractivity contribution is -0.193. The Morgan fingerprint density at radius 3 is 2.10 bits per heavy atom. The van der Waals surface area contributed by atoms with Crippen LogP contribution in [0.15, 0.2) is 36.7 Å². The van der Waals surface area contributed by atoms with Crippen LogP contribution < -0.4 is 4.90 Å². The summed E-state index contributed by atoms with van der Waals surface area (Å²) in [6, 6.07) is 7.92. The zero-order valence-corrected chi connectivity index (χ0v) is 20.7. The number of halogens is 6. The normalized spacial score (nSPS) is 20.7. The van der Waals surface area contributed by atoms with Gasteiger partial charge in [-0.2, -0.15) is 31.4 Å². The van der Waals surface area contributed by atoms with Crippen LogP contribution in [0.3, 0.4) is 0 Å². The Morgan fingerprint density at radius 1 is 1.05 bits per heavy atom. The fraction of sp³-hybridized carbons (Fsp3) is 0.478. The number of anilines is 1. The van der Waals surface area contributed by atoms with Crippen LogP contribution in [-0.2, 0) is 20.9 Å². The first-order chi connectivity index (χ1) is 18.0. The lowest BCUT2D eigenvalue weighted by Gasteiger charge is -2.26. The van der Waals surface area contributed by atoms with Gasteiger partial charge in [0.15, 0.2) is 5.82 Å². The first kappa shape index (κ1) is 31.2. The number of amides is 1. The maximum Gasteiger partial charge on any atom is 0.490 e. The summed E-state index contributed by atoms with van der Waals surface area (Å²) in [6.07, 6.45) is -5.66. The number of aromatic nitrogens is 3. The highest BCUT2D eigenvalue weighted by molar-refractivity contribution is 5.86. The molecule has 2 fully saturated rings. The van der Waals surface area contributed by atoms with E-state index in [1.807, 2.05) is 42.3 Å². The summed E-state index contributed by atoms with van der Waals surface area (Å²) in [5, 5.41) is 22.7. The molecule has 2 aliphatic heterocycles. The average molecular weight is 565 g/mol. The van der Waals surface area contributed by atoms with Crippen LogP contribution in [0, 0.1) is 18.3 Å². The van der Waals surface area contributed by atoms with Crippen molar-refractivity contribution < 1.29 is 50.9 Å². The van der Waals surface area contributed by atoms with E-state index < -0.39 is 24.3 Å². The number of aliphatic carboxylic acids is 2. The number of aryl methyl sites for hydroxylation is 1. The van der Waals surface area contributed by atoms with Gasteiger partial charge in [-0.1, -0.05) is 13.0 Å². The Morgan fingerprint density at radius 2 is 1.64 bits per heavy atom. The van der Waals surface area contributed by atoms with Crippen LogP contribution in [0.25, 0.3) is 0 Å². The molecule has 0 saturated carbocycles. The number of carbonyl (C=O) groups excluding carboxylic acids is 1. The number of rotatable bonds is 3. The van der Waals surface area contributed by atoms with Gasteiger partial charge in [0.2, 0.25) is 5.91 Å². The molecule has 2 N–H and O–H groups in total. The lowest BCUT2D eigenvalue weighted by atomic mass is 9.78. The minimum absolute atomic E-state index is 0.270. The molecule has 2 aliphatic rings. The topological polar surface area (TPSA) is 137 Å². The number of nitrogens with zero attached hydrogens (tertiary/aromatic N) is 5. The van der Waals surface area contributed by atoms with E-state index in [4.69, 9.17) is 19.8 Å². The summed E-state index contributed by atoms with van der Waals surface area (Å²) >= 11 is 0. The van der Waals surface area contributed by atoms with E-state index in [0.29, 0.717) is 12.5 Å². The van der Waals surface area contributed by atoms with Crippen molar-refractivity contribution >= 4 is 23.7 Å². The Hall–Kier alpha value is -3.98. The Balaban J connectivity index is 0.000000317. The predicted octanol–water partition coefficient (Wildman–Crippen LogP) is 3.32. The van der Waals surface area contributed by atoms with Gasteiger partial charge in [-0.3, -0.25) is 9.78 Å². The van der Waals surface area contributed by atoms with Crippen molar-refractivity contribution in [2.24, 2.45) is 11.3 Å². The minimum atomic E-state index is -5.08. The third-order valence-electron chi connectivity index (χ3n) is 6.14. The van der Waals surface area contributed by atoms with Gasteiger partial charge in [0, 0.05) is 38.6 Å². The van der Waals surface area contributed by atoms with Crippen LogP contribution in [0.5, 0.6) is 0 Å². The molecule has 0 radical (unpaired) electrons. The highest BCUT2D eigenvalue weighted by Crippen LogP contribution is 2.45. The summed E-state index contributed by atoms with van der Waals surface area (Å²) in [4.78, 5) is 39.4. The summed E-state index contributed by atoms with van der Waals surface area (Å²) in [5.41, 5.74) is 1.69. The van der Waals surface area contributed by atoms with E-state index in [-0.39, 0.29) is 11.3 Å². The second-order valence-electron chi connectivity index (χ2n) is 8.91. The molecule has 1 spiro atoms. The lowest BCUT2D eigenvalue weighted by Crippen LogP contribution is -2.39. The number of pyridine rings is 1. The molecule has 1 amide bonds. The summed E-state index contributed by atoms with van der Waals surface area (Å²) in [6.45, 7) is 7.16. The molecule has 0 aliphatic carbocycles. The fourth-order valence-corrected chi connectivity index (χ4v) is 4.13. The average Bonchev–Trinajstić information content (AvgIpc) is 3.34. The van der Waals surface area contributed by atoms with E-state index in [0.717, 1.165) is 43.1 Å². The smallest absolute Gasteiger partial charge is 0.475 e. The maximum absolute atomic E-state index is 13.2. The highest BCUT2D eigenvalue weighted by Gasteiger charge is 2.55. The molecular weight excluding hydrogens is 540 g/mol. The minimum Gasteiger partial charge on any atom is -0.475 e. The van der Waals surface area contributed by atoms with Gasteiger partial charge < -0.3 is 20.0 Å². The standard InChI is InChI=1S/C19H23N5O.2C2HF3O2/c1-14-11-24(17-6-5-15(2)21-22-17)13-19(14)7-9-23(18(19)25)12-16-4-3-8-20-10-16;2*3-2(4,5)1(6)7/h3-6,8,10,14H,7,9,11-13H2,1-2H3;2*(H,6,7)/t14-,19-;;/m0../s1. The zero-order chi connectivity index (χ0) is 29.6. The van der Waals surface area contributed by atoms with E-state index in [1.165, 1.54) is 0 Å². The van der Waals surface area contributed by atoms with Gasteiger partial charge >= 0.3 is 24.3 Å². The molecule has 214 valence electrons. The zero-order valence-electron chi connectivity index (χ0n) is 20.7. The van der Waals surface area contributed by atoms with Crippen molar-refractivity contribution in [3.05, 3.63) is 47.9 Å². The molecule has 4 rings (SSSR count). The number of carbonyl (C=O) groups is 3. The van der Waals surface area contributed by atoms with Crippen LogP contribution in [0.2, 0.25) is 0 Å². The van der Waals surface area contributed by atoms with Gasteiger partial charge in [0.25, 0.3) is 0 Å². The molecule has 2 saturated heterocycles. The molecule has 39 heavy (non-hydrogen) atoms. The largest absolute Gasteiger partial charge is 0.490 e. The quantitative estimate of drug-likeness (QED) is 0.537. The van der Waals surface area contributed by atoms with E-state index in [2.05, 4.69) is 27.0 Å². The highest BCUT2D eigenvalue weighted by atomic mass is 19.4. The van der Waals surface area contributed by atoms with Crippen molar-refractivity contribution in [2.75, 3.05) is 24.5 Å². The summed E-state index contributed by atoms with van der Waals surface area (Å²) in [5.74, 6) is -4.07. The Labute approximate surface area is 218 Å². The molecule has 2 atom stereocenters. The third-order valence-corrected chi connectivity index (χ3v) is 6.14. The molecule has 2 aromatic heterocycles. The van der Waals surface area contributed by atoms with E-state index >= 15 is 0 Å². The summed E-state index contributed by atoms with van der Waals surface area (Å²) < 4.78 is 63.5. The van der Waals surface area contributed by atoms with Crippen LogP contribution in [-0.4, -0.2) is 80.1 Å². The van der Waals surface area contributed by atoms with Gasteiger partial charge in [0.05, 0.1) is 11.1 Å². The first-order valence-corrected chi connectivity index (χ1v) is 11.3.